The van der Waals surface area contributed by atoms with E-state index < -0.39 is 5.76 Å². The van der Waals surface area contributed by atoms with Crippen molar-refractivity contribution < 1.29 is 9.21 Å². The first-order valence-electron chi connectivity index (χ1n) is 7.76. The number of hydrogen-bond donors (Lipinski definition) is 0. The minimum atomic E-state index is -0.601. The Kier molecular flexibility index (Phi) is 5.76. The predicted molar refractivity (Wildman–Crippen MR) is 90.3 cm³/mol. The SMILES string of the molecule is CC(C)CN(CC(C)C)C(=O)Cn1nc(-c2cccs2)oc1=O. The quantitative estimate of drug-likeness (QED) is 0.779. The standard InChI is InChI=1S/C16H23N3O3S/c1-11(2)8-18(9-12(3)4)14(20)10-19-16(21)22-15(17-19)13-6-5-7-23-13/h5-7,11-12H,8-10H2,1-4H3. The number of nitrogens with zero attached hydrogens (tertiary/aromatic N) is 3. The molecule has 0 spiro atoms. The molecule has 2 aromatic rings. The number of rotatable bonds is 7. The third-order valence-electron chi connectivity index (χ3n) is 3.15. The fourth-order valence-corrected chi connectivity index (χ4v) is 2.94. The Morgan fingerprint density at radius 2 is 1.96 bits per heavy atom. The van der Waals surface area contributed by atoms with Crippen LogP contribution in [0.4, 0.5) is 0 Å². The van der Waals surface area contributed by atoms with E-state index in [1.54, 1.807) is 4.90 Å². The van der Waals surface area contributed by atoms with Gasteiger partial charge in [-0.3, -0.25) is 4.79 Å². The summed E-state index contributed by atoms with van der Waals surface area (Å²) in [4.78, 5) is 27.0. The second-order valence-corrected chi connectivity index (χ2v) is 7.34. The number of amides is 1. The molecule has 7 heteroatoms. The van der Waals surface area contributed by atoms with Gasteiger partial charge < -0.3 is 9.32 Å². The molecule has 0 saturated carbocycles. The molecule has 1 amide bonds. The van der Waals surface area contributed by atoms with Crippen LogP contribution in [-0.4, -0.2) is 33.7 Å². The number of carbonyl (C=O) groups excluding carboxylic acids is 1. The zero-order valence-corrected chi connectivity index (χ0v) is 14.8. The van der Waals surface area contributed by atoms with Crippen LogP contribution in [0.25, 0.3) is 10.8 Å². The van der Waals surface area contributed by atoms with E-state index in [1.165, 1.54) is 11.3 Å². The lowest BCUT2D eigenvalue weighted by atomic mass is 10.1. The maximum absolute atomic E-state index is 12.5. The van der Waals surface area contributed by atoms with Crippen LogP contribution in [0.5, 0.6) is 0 Å². The topological polar surface area (TPSA) is 68.3 Å². The van der Waals surface area contributed by atoms with E-state index in [-0.39, 0.29) is 18.3 Å². The Balaban J connectivity index is 2.13. The predicted octanol–water partition coefficient (Wildman–Crippen LogP) is 2.71. The van der Waals surface area contributed by atoms with E-state index in [0.29, 0.717) is 24.9 Å². The maximum atomic E-state index is 12.5. The summed E-state index contributed by atoms with van der Waals surface area (Å²) in [5.74, 6) is 0.287. The highest BCUT2D eigenvalue weighted by atomic mass is 32.1. The zero-order valence-electron chi connectivity index (χ0n) is 14.0. The highest BCUT2D eigenvalue weighted by Crippen LogP contribution is 2.21. The third-order valence-corrected chi connectivity index (χ3v) is 4.00. The number of thiophene rings is 1. The second-order valence-electron chi connectivity index (χ2n) is 6.39. The molecule has 0 aromatic carbocycles. The van der Waals surface area contributed by atoms with Crippen LogP contribution in [0.15, 0.2) is 26.7 Å². The van der Waals surface area contributed by atoms with Crippen molar-refractivity contribution in [3.05, 3.63) is 28.1 Å². The van der Waals surface area contributed by atoms with E-state index in [0.717, 1.165) is 9.56 Å². The van der Waals surface area contributed by atoms with Crippen LogP contribution in [0.3, 0.4) is 0 Å². The summed E-state index contributed by atoms with van der Waals surface area (Å²) in [5, 5.41) is 6.01. The second kappa shape index (κ2) is 7.59. The van der Waals surface area contributed by atoms with Gasteiger partial charge in [-0.25, -0.2) is 4.79 Å². The molecule has 0 unspecified atom stereocenters. The van der Waals surface area contributed by atoms with Gasteiger partial charge >= 0.3 is 5.76 Å². The van der Waals surface area contributed by atoms with Gasteiger partial charge in [0.05, 0.1) is 4.88 Å². The summed E-state index contributed by atoms with van der Waals surface area (Å²) in [7, 11) is 0. The molecule has 2 aromatic heterocycles. The molecule has 126 valence electrons. The molecule has 0 aliphatic carbocycles. The lowest BCUT2D eigenvalue weighted by Crippen LogP contribution is -2.40. The van der Waals surface area contributed by atoms with E-state index >= 15 is 0 Å². The summed E-state index contributed by atoms with van der Waals surface area (Å²) < 4.78 is 6.24. The maximum Gasteiger partial charge on any atom is 0.437 e. The Hall–Kier alpha value is -1.89. The van der Waals surface area contributed by atoms with Gasteiger partial charge in [-0.2, -0.15) is 4.68 Å². The van der Waals surface area contributed by atoms with Gasteiger partial charge in [-0.1, -0.05) is 33.8 Å². The molecule has 23 heavy (non-hydrogen) atoms. The Morgan fingerprint density at radius 3 is 2.48 bits per heavy atom. The van der Waals surface area contributed by atoms with Gasteiger partial charge in [0.1, 0.15) is 6.54 Å². The highest BCUT2D eigenvalue weighted by Gasteiger charge is 2.20. The highest BCUT2D eigenvalue weighted by molar-refractivity contribution is 7.13. The van der Waals surface area contributed by atoms with Crippen molar-refractivity contribution in [1.82, 2.24) is 14.7 Å². The number of hydrogen-bond acceptors (Lipinski definition) is 5. The van der Waals surface area contributed by atoms with Crippen molar-refractivity contribution in [3.63, 3.8) is 0 Å². The molecule has 2 rings (SSSR count). The molecule has 0 fully saturated rings. The fourth-order valence-electron chi connectivity index (χ4n) is 2.29. The first-order chi connectivity index (χ1) is 10.9. The Labute approximate surface area is 139 Å². The molecular weight excluding hydrogens is 314 g/mol. The Morgan fingerprint density at radius 1 is 1.30 bits per heavy atom. The van der Waals surface area contributed by atoms with Crippen LogP contribution >= 0.6 is 11.3 Å². The molecule has 0 aliphatic heterocycles. The molecule has 0 radical (unpaired) electrons. The molecule has 0 saturated heterocycles. The first kappa shape index (κ1) is 17.5. The fraction of sp³-hybridized carbons (Fsp3) is 0.562. The number of aromatic nitrogens is 2. The Bertz CT molecular complexity index is 676. The lowest BCUT2D eigenvalue weighted by molar-refractivity contribution is -0.133. The largest absolute Gasteiger partial charge is 0.437 e. The average molecular weight is 337 g/mol. The molecular formula is C16H23N3O3S. The van der Waals surface area contributed by atoms with Crippen molar-refractivity contribution in [3.8, 4) is 10.8 Å². The van der Waals surface area contributed by atoms with E-state index in [2.05, 4.69) is 32.8 Å². The first-order valence-corrected chi connectivity index (χ1v) is 8.64. The van der Waals surface area contributed by atoms with Crippen LogP contribution in [0.1, 0.15) is 27.7 Å². The molecule has 6 nitrogen and oxygen atoms in total. The minimum Gasteiger partial charge on any atom is -0.387 e. The van der Waals surface area contributed by atoms with Gasteiger partial charge in [0.15, 0.2) is 0 Å². The zero-order chi connectivity index (χ0) is 17.0. The molecule has 0 atom stereocenters. The van der Waals surface area contributed by atoms with Crippen molar-refractivity contribution in [1.29, 1.82) is 0 Å². The molecule has 0 aliphatic rings. The van der Waals surface area contributed by atoms with Crippen LogP contribution in [0, 0.1) is 11.8 Å². The van der Waals surface area contributed by atoms with Gasteiger partial charge in [0, 0.05) is 13.1 Å². The van der Waals surface area contributed by atoms with Gasteiger partial charge in [-0.15, -0.1) is 16.4 Å². The summed E-state index contributed by atoms with van der Waals surface area (Å²) in [6, 6.07) is 3.68. The van der Waals surface area contributed by atoms with E-state index in [4.69, 9.17) is 4.42 Å². The van der Waals surface area contributed by atoms with Crippen molar-refractivity contribution >= 4 is 17.2 Å². The van der Waals surface area contributed by atoms with Crippen LogP contribution in [-0.2, 0) is 11.3 Å². The minimum absolute atomic E-state index is 0.0901. The summed E-state index contributed by atoms with van der Waals surface area (Å²) in [6.07, 6.45) is 0. The monoisotopic (exact) mass is 337 g/mol. The normalized spacial score (nSPS) is 11.4. The van der Waals surface area contributed by atoms with Gasteiger partial charge in [0.2, 0.25) is 5.91 Å². The molecule has 0 N–H and O–H groups in total. The van der Waals surface area contributed by atoms with Gasteiger partial charge in [0.25, 0.3) is 5.89 Å². The van der Waals surface area contributed by atoms with E-state index in [1.807, 2.05) is 17.5 Å². The van der Waals surface area contributed by atoms with Crippen molar-refractivity contribution in [2.24, 2.45) is 11.8 Å². The van der Waals surface area contributed by atoms with Crippen molar-refractivity contribution in [2.75, 3.05) is 13.1 Å². The smallest absolute Gasteiger partial charge is 0.387 e. The van der Waals surface area contributed by atoms with Gasteiger partial charge in [-0.05, 0) is 23.3 Å². The number of carbonyl (C=O) groups is 1. The summed E-state index contributed by atoms with van der Waals surface area (Å²) in [5.41, 5.74) is 0. The van der Waals surface area contributed by atoms with Crippen molar-refractivity contribution in [2.45, 2.75) is 34.2 Å². The lowest BCUT2D eigenvalue weighted by Gasteiger charge is -2.26. The summed E-state index contributed by atoms with van der Waals surface area (Å²) >= 11 is 1.44. The summed E-state index contributed by atoms with van der Waals surface area (Å²) in [6.45, 7) is 9.51. The van der Waals surface area contributed by atoms with E-state index in [9.17, 15) is 9.59 Å². The third kappa shape index (κ3) is 4.79. The van der Waals surface area contributed by atoms with Crippen LogP contribution < -0.4 is 5.76 Å². The molecule has 0 bridgehead atoms. The molecule has 2 heterocycles. The average Bonchev–Trinajstić information content (AvgIpc) is 3.07. The van der Waals surface area contributed by atoms with Crippen LogP contribution in [0.2, 0.25) is 0 Å².